The van der Waals surface area contributed by atoms with Gasteiger partial charge in [-0.05, 0) is 24.6 Å². The van der Waals surface area contributed by atoms with Gasteiger partial charge in [-0.15, -0.1) is 0 Å². The van der Waals surface area contributed by atoms with Crippen molar-refractivity contribution in [1.82, 2.24) is 5.16 Å². The second kappa shape index (κ2) is 4.80. The molecule has 0 aliphatic heterocycles. The van der Waals surface area contributed by atoms with Gasteiger partial charge >= 0.3 is 0 Å². The van der Waals surface area contributed by atoms with Crippen LogP contribution in [-0.4, -0.2) is 16.2 Å². The molecule has 88 valence electrons. The van der Waals surface area contributed by atoms with Gasteiger partial charge in [0.25, 0.3) is 5.91 Å². The first-order valence-corrected chi connectivity index (χ1v) is 5.13. The third kappa shape index (κ3) is 2.70. The van der Waals surface area contributed by atoms with E-state index in [4.69, 9.17) is 9.63 Å². The fourth-order valence-corrected chi connectivity index (χ4v) is 1.38. The lowest BCUT2D eigenvalue weighted by molar-refractivity contribution is 0.102. The van der Waals surface area contributed by atoms with Crippen LogP contribution in [0.5, 0.6) is 0 Å². The molecule has 0 saturated heterocycles. The fourth-order valence-electron chi connectivity index (χ4n) is 1.38. The summed E-state index contributed by atoms with van der Waals surface area (Å²) in [6.45, 7) is 1.71. The van der Waals surface area contributed by atoms with Gasteiger partial charge in [-0.1, -0.05) is 17.3 Å². The van der Waals surface area contributed by atoms with Gasteiger partial charge < -0.3 is 14.9 Å². The highest BCUT2D eigenvalue weighted by Crippen LogP contribution is 2.10. The Morgan fingerprint density at radius 1 is 1.41 bits per heavy atom. The molecule has 0 fully saturated rings. The number of anilines is 1. The summed E-state index contributed by atoms with van der Waals surface area (Å²) in [5, 5.41) is 15.2. The molecule has 0 radical (unpaired) electrons. The normalized spacial score (nSPS) is 10.2. The molecule has 1 aromatic carbocycles. The lowest BCUT2D eigenvalue weighted by Gasteiger charge is -2.02. The van der Waals surface area contributed by atoms with E-state index >= 15 is 0 Å². The lowest BCUT2D eigenvalue weighted by Crippen LogP contribution is -2.11. The van der Waals surface area contributed by atoms with E-state index in [1.807, 2.05) is 0 Å². The van der Waals surface area contributed by atoms with E-state index in [1.165, 1.54) is 0 Å². The van der Waals surface area contributed by atoms with Gasteiger partial charge in [-0.2, -0.15) is 0 Å². The number of aliphatic hydroxyl groups excluding tert-OH is 1. The minimum atomic E-state index is -0.261. The molecular formula is C12H12N2O3. The standard InChI is InChI=1S/C12H12N2O3/c1-8-6-11(14-17-8)13-12(16)10-4-2-9(7-15)3-5-10/h2-6,15H,7H2,1H3,(H,13,14,16). The van der Waals surface area contributed by atoms with Crippen LogP contribution < -0.4 is 5.32 Å². The maximum absolute atomic E-state index is 11.8. The zero-order valence-electron chi connectivity index (χ0n) is 9.30. The molecular weight excluding hydrogens is 220 g/mol. The zero-order chi connectivity index (χ0) is 12.3. The van der Waals surface area contributed by atoms with Crippen LogP contribution >= 0.6 is 0 Å². The largest absolute Gasteiger partial charge is 0.392 e. The molecule has 5 nitrogen and oxygen atoms in total. The van der Waals surface area contributed by atoms with Crippen molar-refractivity contribution in [1.29, 1.82) is 0 Å². The maximum atomic E-state index is 11.8. The molecule has 2 N–H and O–H groups in total. The second-order valence-corrected chi connectivity index (χ2v) is 3.63. The van der Waals surface area contributed by atoms with Crippen LogP contribution in [0.2, 0.25) is 0 Å². The summed E-state index contributed by atoms with van der Waals surface area (Å²) in [4.78, 5) is 11.8. The summed E-state index contributed by atoms with van der Waals surface area (Å²) >= 11 is 0. The van der Waals surface area contributed by atoms with Crippen molar-refractivity contribution in [3.63, 3.8) is 0 Å². The van der Waals surface area contributed by atoms with Crippen LogP contribution in [0.25, 0.3) is 0 Å². The summed E-state index contributed by atoms with van der Waals surface area (Å²) in [5.41, 5.74) is 1.27. The van der Waals surface area contributed by atoms with Gasteiger partial charge in [-0.3, -0.25) is 4.79 Å². The van der Waals surface area contributed by atoms with E-state index in [0.717, 1.165) is 5.56 Å². The van der Waals surface area contributed by atoms with Crippen LogP contribution in [0.4, 0.5) is 5.82 Å². The van der Waals surface area contributed by atoms with Crippen molar-refractivity contribution in [3.8, 4) is 0 Å². The molecule has 1 heterocycles. The smallest absolute Gasteiger partial charge is 0.256 e. The zero-order valence-corrected chi connectivity index (χ0v) is 9.30. The number of carbonyl (C=O) groups excluding carboxylic acids is 1. The number of hydrogen-bond donors (Lipinski definition) is 2. The van der Waals surface area contributed by atoms with Gasteiger partial charge in [0, 0.05) is 11.6 Å². The summed E-state index contributed by atoms with van der Waals surface area (Å²) in [6.07, 6.45) is 0. The number of aromatic nitrogens is 1. The predicted octanol–water partition coefficient (Wildman–Crippen LogP) is 1.73. The molecule has 0 aliphatic carbocycles. The SMILES string of the molecule is Cc1cc(NC(=O)c2ccc(CO)cc2)no1. The van der Waals surface area contributed by atoms with E-state index in [1.54, 1.807) is 37.3 Å². The third-order valence-corrected chi connectivity index (χ3v) is 2.27. The Morgan fingerprint density at radius 2 is 2.12 bits per heavy atom. The van der Waals surface area contributed by atoms with Crippen LogP contribution in [0.1, 0.15) is 21.7 Å². The van der Waals surface area contributed by atoms with Crippen LogP contribution in [0, 0.1) is 6.92 Å². The molecule has 0 spiro atoms. The highest BCUT2D eigenvalue weighted by molar-refractivity contribution is 6.03. The van der Waals surface area contributed by atoms with Crippen molar-refractivity contribution in [3.05, 3.63) is 47.2 Å². The molecule has 5 heteroatoms. The average molecular weight is 232 g/mol. The van der Waals surface area contributed by atoms with E-state index in [0.29, 0.717) is 17.1 Å². The topological polar surface area (TPSA) is 75.4 Å². The van der Waals surface area contributed by atoms with Crippen molar-refractivity contribution < 1.29 is 14.4 Å². The number of carbonyl (C=O) groups is 1. The number of rotatable bonds is 3. The second-order valence-electron chi connectivity index (χ2n) is 3.63. The van der Waals surface area contributed by atoms with Crippen molar-refractivity contribution >= 4 is 11.7 Å². The lowest BCUT2D eigenvalue weighted by atomic mass is 10.1. The number of benzene rings is 1. The monoisotopic (exact) mass is 232 g/mol. The third-order valence-electron chi connectivity index (χ3n) is 2.27. The Balaban J connectivity index is 2.09. The molecule has 0 unspecified atom stereocenters. The number of amides is 1. The molecule has 0 saturated carbocycles. The van der Waals surface area contributed by atoms with E-state index in [-0.39, 0.29) is 12.5 Å². The van der Waals surface area contributed by atoms with Crippen molar-refractivity contribution in [2.75, 3.05) is 5.32 Å². The Labute approximate surface area is 98.1 Å². The quantitative estimate of drug-likeness (QED) is 0.845. The molecule has 2 aromatic rings. The highest BCUT2D eigenvalue weighted by Gasteiger charge is 2.08. The van der Waals surface area contributed by atoms with Crippen LogP contribution in [0.15, 0.2) is 34.9 Å². The van der Waals surface area contributed by atoms with Crippen molar-refractivity contribution in [2.45, 2.75) is 13.5 Å². The van der Waals surface area contributed by atoms with Crippen LogP contribution in [0.3, 0.4) is 0 Å². The molecule has 17 heavy (non-hydrogen) atoms. The predicted molar refractivity (Wildman–Crippen MR) is 61.6 cm³/mol. The average Bonchev–Trinajstić information content (AvgIpc) is 2.75. The van der Waals surface area contributed by atoms with Gasteiger partial charge in [0.15, 0.2) is 5.82 Å². The first-order valence-electron chi connectivity index (χ1n) is 5.13. The van der Waals surface area contributed by atoms with Gasteiger partial charge in [0.05, 0.1) is 6.61 Å². The number of nitrogens with zero attached hydrogens (tertiary/aromatic N) is 1. The van der Waals surface area contributed by atoms with E-state index in [9.17, 15) is 4.79 Å². The van der Waals surface area contributed by atoms with Gasteiger partial charge in [0.1, 0.15) is 5.76 Å². The molecule has 0 bridgehead atoms. The summed E-state index contributed by atoms with van der Waals surface area (Å²) in [5.74, 6) is 0.762. The molecule has 1 aromatic heterocycles. The Bertz CT molecular complexity index is 517. The van der Waals surface area contributed by atoms with Crippen LogP contribution in [-0.2, 0) is 6.61 Å². The highest BCUT2D eigenvalue weighted by atomic mass is 16.5. The minimum Gasteiger partial charge on any atom is -0.392 e. The molecule has 0 atom stereocenters. The number of nitrogens with one attached hydrogen (secondary N) is 1. The summed E-state index contributed by atoms with van der Waals surface area (Å²) < 4.78 is 4.84. The van der Waals surface area contributed by atoms with E-state index in [2.05, 4.69) is 10.5 Å². The molecule has 0 aliphatic rings. The number of aryl methyl sites for hydroxylation is 1. The van der Waals surface area contributed by atoms with Gasteiger partial charge in [-0.25, -0.2) is 0 Å². The fraction of sp³-hybridized carbons (Fsp3) is 0.167. The van der Waals surface area contributed by atoms with E-state index < -0.39 is 0 Å². The maximum Gasteiger partial charge on any atom is 0.256 e. The Kier molecular flexibility index (Phi) is 3.20. The molecule has 1 amide bonds. The first-order chi connectivity index (χ1) is 8.19. The Morgan fingerprint density at radius 3 is 2.65 bits per heavy atom. The molecule has 2 rings (SSSR count). The first kappa shape index (κ1) is 11.3. The van der Waals surface area contributed by atoms with Crippen molar-refractivity contribution in [2.24, 2.45) is 0 Å². The summed E-state index contributed by atoms with van der Waals surface area (Å²) in [7, 11) is 0. The Hall–Kier alpha value is -2.14. The summed E-state index contributed by atoms with van der Waals surface area (Å²) in [6, 6.07) is 8.33. The van der Waals surface area contributed by atoms with Gasteiger partial charge in [0.2, 0.25) is 0 Å². The number of hydrogen-bond acceptors (Lipinski definition) is 4. The number of aliphatic hydroxyl groups is 1. The minimum absolute atomic E-state index is 0.0373.